The smallest absolute Gasteiger partial charge is 0.262 e. The van der Waals surface area contributed by atoms with Crippen LogP contribution in [-0.2, 0) is 0 Å². The van der Waals surface area contributed by atoms with Gasteiger partial charge in [-0.2, -0.15) is 0 Å². The third-order valence-electron chi connectivity index (χ3n) is 2.05. The molecule has 2 N–H and O–H groups in total. The van der Waals surface area contributed by atoms with Crippen LogP contribution in [0, 0.1) is 5.92 Å². The number of piperidine rings is 1. The van der Waals surface area contributed by atoms with Crippen LogP contribution < -0.4 is 5.73 Å². The lowest BCUT2D eigenvalue weighted by Gasteiger charge is -2.36. The van der Waals surface area contributed by atoms with Crippen LogP contribution in [0.1, 0.15) is 20.3 Å². The van der Waals surface area contributed by atoms with Crippen LogP contribution in [0.25, 0.3) is 0 Å². The summed E-state index contributed by atoms with van der Waals surface area (Å²) in [5.41, 5.74) is 5.55. The molecule has 0 amide bonds. The van der Waals surface area contributed by atoms with Crippen molar-refractivity contribution >= 4 is 0 Å². The molecular weight excluding hydrogens is 174 g/mol. The van der Waals surface area contributed by atoms with E-state index in [1.54, 1.807) is 4.90 Å². The fraction of sp³-hybridized carbons (Fsp3) is 0.889. The highest BCUT2D eigenvalue weighted by Gasteiger charge is 2.38. The molecule has 0 aliphatic carbocycles. The lowest BCUT2D eigenvalue weighted by Crippen LogP contribution is -2.52. The van der Waals surface area contributed by atoms with Crippen LogP contribution in [0.15, 0.2) is 0 Å². The van der Waals surface area contributed by atoms with E-state index in [1.165, 1.54) is 0 Å². The minimum atomic E-state index is -2.60. The fourth-order valence-electron chi connectivity index (χ4n) is 1.80. The van der Waals surface area contributed by atoms with Gasteiger partial charge in [0.25, 0.3) is 5.92 Å². The maximum Gasteiger partial charge on any atom is 0.262 e. The van der Waals surface area contributed by atoms with Gasteiger partial charge in [-0.15, -0.1) is 0 Å². The first kappa shape index (κ1) is 10.9. The van der Waals surface area contributed by atoms with Gasteiger partial charge in [-0.1, -0.05) is 13.8 Å². The number of likely N-dealkylation sites (tertiary alicyclic amines) is 1. The summed E-state index contributed by atoms with van der Waals surface area (Å²) in [6.07, 6.45) is -0.174. The Kier molecular flexibility index (Phi) is 3.24. The number of halogens is 2. The Morgan fingerprint density at radius 2 is 2.15 bits per heavy atom. The molecule has 1 fully saturated rings. The average Bonchev–Trinajstić information content (AvgIpc) is 1.78. The second-order valence-corrected chi connectivity index (χ2v) is 4.20. The molecule has 1 heterocycles. The molecule has 0 spiro atoms. The van der Waals surface area contributed by atoms with E-state index in [-0.39, 0.29) is 19.0 Å². The molecule has 1 saturated heterocycles. The van der Waals surface area contributed by atoms with E-state index >= 15 is 0 Å². The predicted molar refractivity (Wildman–Crippen MR) is 48.6 cm³/mol. The average molecular weight is 191 g/mol. The first-order valence-corrected chi connectivity index (χ1v) is 4.54. The van der Waals surface area contributed by atoms with E-state index in [2.05, 4.69) is 0 Å². The summed E-state index contributed by atoms with van der Waals surface area (Å²) in [5, 5.41) is 0. The Labute approximate surface area is 78.1 Å². The second-order valence-electron chi connectivity index (χ2n) is 4.20. The highest BCUT2D eigenvalue weighted by molar-refractivity contribution is 4.91. The molecule has 2 nitrogen and oxygen atoms in total. The molecule has 0 aromatic heterocycles. The highest BCUT2D eigenvalue weighted by Crippen LogP contribution is 2.26. The maximum atomic E-state index is 13.0. The molecule has 0 saturated carbocycles. The van der Waals surface area contributed by atoms with E-state index in [4.69, 9.17) is 5.73 Å². The first-order chi connectivity index (χ1) is 5.89. The zero-order chi connectivity index (χ0) is 10.1. The Morgan fingerprint density at radius 3 is 2.62 bits per heavy atom. The molecule has 1 aliphatic heterocycles. The van der Waals surface area contributed by atoms with E-state index < -0.39 is 5.92 Å². The van der Waals surface area contributed by atoms with E-state index in [1.807, 2.05) is 13.8 Å². The highest BCUT2D eigenvalue weighted by atomic mass is 19.3. The van der Waals surface area contributed by atoms with E-state index in [9.17, 15) is 8.78 Å². The minimum Gasteiger partial charge on any atom is -0.326 e. The van der Waals surface area contributed by atoms with Crippen molar-refractivity contribution in [2.75, 3.05) is 19.6 Å². The molecular formula is C9H17F2N2. The third kappa shape index (κ3) is 3.56. The number of nitrogens with two attached hydrogens (primary N) is 1. The maximum absolute atomic E-state index is 13.0. The van der Waals surface area contributed by atoms with Gasteiger partial charge in [0, 0.05) is 25.6 Å². The van der Waals surface area contributed by atoms with Gasteiger partial charge in [-0.25, -0.2) is 8.78 Å². The molecule has 1 rings (SSSR count). The molecule has 0 aromatic carbocycles. The van der Waals surface area contributed by atoms with Crippen molar-refractivity contribution in [3.8, 4) is 0 Å². The molecule has 77 valence electrons. The zero-order valence-electron chi connectivity index (χ0n) is 8.19. The largest absolute Gasteiger partial charge is 0.326 e. The molecule has 1 unspecified atom stereocenters. The number of alkyl halides is 2. The van der Waals surface area contributed by atoms with E-state index in [0.717, 1.165) is 5.92 Å². The van der Waals surface area contributed by atoms with Gasteiger partial charge in [-0.05, 0) is 5.92 Å². The molecule has 1 atom stereocenters. The molecule has 1 radical (unpaired) electrons. The Balaban J connectivity index is 2.48. The third-order valence-corrected chi connectivity index (χ3v) is 2.05. The summed E-state index contributed by atoms with van der Waals surface area (Å²) >= 11 is 0. The van der Waals surface area contributed by atoms with Gasteiger partial charge in [-0.3, -0.25) is 4.90 Å². The summed E-state index contributed by atoms with van der Waals surface area (Å²) in [6, 6.07) is -0.386. The monoisotopic (exact) mass is 191 g/mol. The van der Waals surface area contributed by atoms with Crippen molar-refractivity contribution in [1.82, 2.24) is 4.90 Å². The summed E-state index contributed by atoms with van der Waals surface area (Å²) in [7, 11) is 0. The standard InChI is InChI=1S/C9H17F2N2/c1-7(2)4-13-5-8(12)3-9(10,11)6-13/h8H,3-6,12H2,1-2H3. The summed E-state index contributed by atoms with van der Waals surface area (Å²) in [5.74, 6) is -1.46. The Hall–Kier alpha value is -0.220. The first-order valence-electron chi connectivity index (χ1n) is 4.54. The molecule has 1 aliphatic rings. The van der Waals surface area contributed by atoms with Crippen molar-refractivity contribution in [3.05, 3.63) is 5.92 Å². The summed E-state index contributed by atoms with van der Waals surface area (Å²) < 4.78 is 26.0. The van der Waals surface area contributed by atoms with Crippen LogP contribution in [0.4, 0.5) is 8.78 Å². The van der Waals surface area contributed by atoms with Gasteiger partial charge >= 0.3 is 0 Å². The SMILES string of the molecule is C[C](C)CN1CC(N)CC(F)(F)C1. The number of rotatable bonds is 2. The molecule has 4 heteroatoms. The Morgan fingerprint density at radius 1 is 1.54 bits per heavy atom. The minimum absolute atomic E-state index is 0.147. The van der Waals surface area contributed by atoms with Gasteiger partial charge in [0.15, 0.2) is 0 Å². The molecule has 13 heavy (non-hydrogen) atoms. The van der Waals surface area contributed by atoms with Crippen molar-refractivity contribution in [3.63, 3.8) is 0 Å². The van der Waals surface area contributed by atoms with Crippen LogP contribution in [0.2, 0.25) is 0 Å². The van der Waals surface area contributed by atoms with Crippen molar-refractivity contribution < 1.29 is 8.78 Å². The lowest BCUT2D eigenvalue weighted by atomic mass is 10.0. The molecule has 0 aromatic rings. The zero-order valence-corrected chi connectivity index (χ0v) is 8.19. The van der Waals surface area contributed by atoms with Crippen LogP contribution in [-0.4, -0.2) is 36.5 Å². The predicted octanol–water partition coefficient (Wildman–Crippen LogP) is 1.27. The van der Waals surface area contributed by atoms with Crippen LogP contribution in [0.3, 0.4) is 0 Å². The topological polar surface area (TPSA) is 29.3 Å². The van der Waals surface area contributed by atoms with E-state index in [0.29, 0.717) is 13.1 Å². The van der Waals surface area contributed by atoms with Crippen molar-refractivity contribution in [2.24, 2.45) is 5.73 Å². The van der Waals surface area contributed by atoms with Gasteiger partial charge in [0.05, 0.1) is 6.54 Å². The number of hydrogen-bond donors (Lipinski definition) is 1. The fourth-order valence-corrected chi connectivity index (χ4v) is 1.80. The normalized spacial score (nSPS) is 29.5. The number of hydrogen-bond acceptors (Lipinski definition) is 2. The quantitative estimate of drug-likeness (QED) is 0.712. The van der Waals surface area contributed by atoms with Gasteiger partial charge in [0.1, 0.15) is 0 Å². The van der Waals surface area contributed by atoms with Gasteiger partial charge in [0.2, 0.25) is 0 Å². The lowest BCUT2D eigenvalue weighted by molar-refractivity contribution is -0.0690. The van der Waals surface area contributed by atoms with Crippen molar-refractivity contribution in [2.45, 2.75) is 32.2 Å². The molecule has 0 bridgehead atoms. The Bertz CT molecular complexity index is 169. The summed E-state index contributed by atoms with van der Waals surface area (Å²) in [4.78, 5) is 1.73. The van der Waals surface area contributed by atoms with Crippen LogP contribution >= 0.6 is 0 Å². The summed E-state index contributed by atoms with van der Waals surface area (Å²) in [6.45, 7) is 4.95. The van der Waals surface area contributed by atoms with Crippen molar-refractivity contribution in [1.29, 1.82) is 0 Å². The van der Waals surface area contributed by atoms with Gasteiger partial charge < -0.3 is 5.73 Å². The van der Waals surface area contributed by atoms with Crippen LogP contribution in [0.5, 0.6) is 0 Å². The number of nitrogens with zero attached hydrogens (tertiary/aromatic N) is 1. The second kappa shape index (κ2) is 3.88.